The molecule has 0 bridgehead atoms. The zero-order valence-electron chi connectivity index (χ0n) is 35.2. The van der Waals surface area contributed by atoms with E-state index in [1.165, 1.54) is 68.1 Å². The summed E-state index contributed by atoms with van der Waals surface area (Å²) in [5, 5.41) is 14.3. The van der Waals surface area contributed by atoms with Gasteiger partial charge in [0.1, 0.15) is 0 Å². The molecule has 57 heavy (non-hydrogen) atoms. The molecule has 1 aliphatic heterocycles. The predicted molar refractivity (Wildman–Crippen MR) is 231 cm³/mol. The summed E-state index contributed by atoms with van der Waals surface area (Å²) in [5.41, 5.74) is 5.10. The highest BCUT2D eigenvalue weighted by molar-refractivity contribution is 7.89. The van der Waals surface area contributed by atoms with Gasteiger partial charge in [0.2, 0.25) is 10.0 Å². The van der Waals surface area contributed by atoms with Gasteiger partial charge in [0, 0.05) is 49.8 Å². The molecule has 0 radical (unpaired) electrons. The number of benzene rings is 2. The Hall–Kier alpha value is -2.49. The van der Waals surface area contributed by atoms with Crippen LogP contribution in [0.1, 0.15) is 115 Å². The standard InChI is InChI=1S/C48H66ClN3O4S/c1-32(2)37-18-23-48(50-26-27-51-28-30-52(31-29-51)57(55,56)36-14-12-35(49)13-15-36)25-24-46(6)39(42(37)48)16-17-41-45(5)21-19-38(33-8-10-34(11-9-33)43(53)54)44(3,4)40(45)20-22-47(41,46)7/h8-15,19,37,39-42,50H,1,16-18,20-31H2,2-7H3,(H,53,54)/t37-,39+,40-,41+,42+,45-,46+,47+,48-/m0/s1. The Kier molecular flexibility index (Phi) is 10.6. The number of sulfonamides is 1. The lowest BCUT2D eigenvalue weighted by molar-refractivity contribution is -0.219. The van der Waals surface area contributed by atoms with Gasteiger partial charge in [-0.2, -0.15) is 4.31 Å². The van der Waals surface area contributed by atoms with Crippen LogP contribution < -0.4 is 5.32 Å². The first-order valence-electron chi connectivity index (χ1n) is 21.8. The molecule has 0 unspecified atom stereocenters. The Morgan fingerprint density at radius 2 is 1.54 bits per heavy atom. The average molecular weight is 817 g/mol. The first-order valence-corrected chi connectivity index (χ1v) is 23.6. The van der Waals surface area contributed by atoms with Crippen LogP contribution in [0.4, 0.5) is 0 Å². The monoisotopic (exact) mass is 815 g/mol. The highest BCUT2D eigenvalue weighted by atomic mass is 35.5. The van der Waals surface area contributed by atoms with Crippen molar-refractivity contribution < 1.29 is 18.3 Å². The molecule has 5 fully saturated rings. The van der Waals surface area contributed by atoms with Gasteiger partial charge in [0.25, 0.3) is 0 Å². The second-order valence-corrected chi connectivity index (χ2v) is 22.8. The van der Waals surface area contributed by atoms with Crippen molar-refractivity contribution in [2.75, 3.05) is 39.3 Å². The van der Waals surface area contributed by atoms with Crippen molar-refractivity contribution in [2.45, 2.75) is 110 Å². The number of carboxylic acids is 1. The molecule has 5 aliphatic carbocycles. The molecule has 2 aromatic carbocycles. The van der Waals surface area contributed by atoms with Crippen molar-refractivity contribution in [1.29, 1.82) is 0 Å². The van der Waals surface area contributed by atoms with E-state index in [1.807, 2.05) is 12.1 Å². The number of piperazine rings is 1. The van der Waals surface area contributed by atoms with Crippen molar-refractivity contribution in [1.82, 2.24) is 14.5 Å². The van der Waals surface area contributed by atoms with Gasteiger partial charge in [-0.1, -0.05) is 76.6 Å². The maximum Gasteiger partial charge on any atom is 0.335 e. The molecule has 7 nitrogen and oxygen atoms in total. The normalized spacial score (nSPS) is 37.9. The Morgan fingerprint density at radius 1 is 0.860 bits per heavy atom. The molecule has 2 aromatic rings. The fraction of sp³-hybridized carbons (Fsp3) is 0.646. The van der Waals surface area contributed by atoms with E-state index in [0.29, 0.717) is 58.2 Å². The van der Waals surface area contributed by atoms with Crippen molar-refractivity contribution in [3.05, 3.63) is 82.9 Å². The molecule has 310 valence electrons. The van der Waals surface area contributed by atoms with Crippen LogP contribution in [-0.2, 0) is 10.0 Å². The number of halogens is 1. The molecule has 8 rings (SSSR count). The number of aromatic carboxylic acids is 1. The van der Waals surface area contributed by atoms with Crippen LogP contribution >= 0.6 is 11.6 Å². The van der Waals surface area contributed by atoms with Gasteiger partial charge in [0.05, 0.1) is 10.5 Å². The molecule has 1 heterocycles. The van der Waals surface area contributed by atoms with Crippen LogP contribution in [0.15, 0.2) is 71.7 Å². The lowest BCUT2D eigenvalue weighted by Gasteiger charge is -2.72. The van der Waals surface area contributed by atoms with E-state index < -0.39 is 16.0 Å². The van der Waals surface area contributed by atoms with Crippen molar-refractivity contribution in [3.63, 3.8) is 0 Å². The van der Waals surface area contributed by atoms with E-state index in [-0.39, 0.29) is 27.2 Å². The number of nitrogens with one attached hydrogen (secondary N) is 1. The van der Waals surface area contributed by atoms with E-state index >= 15 is 0 Å². The summed E-state index contributed by atoms with van der Waals surface area (Å²) >= 11 is 6.03. The van der Waals surface area contributed by atoms with Crippen molar-refractivity contribution in [2.24, 2.45) is 51.2 Å². The lowest BCUT2D eigenvalue weighted by atomic mass is 9.33. The second kappa shape index (κ2) is 14.6. The molecular weight excluding hydrogens is 750 g/mol. The number of nitrogens with zero attached hydrogens (tertiary/aromatic N) is 2. The smallest absolute Gasteiger partial charge is 0.335 e. The zero-order valence-corrected chi connectivity index (χ0v) is 36.8. The average Bonchev–Trinajstić information content (AvgIpc) is 3.55. The molecule has 0 spiro atoms. The number of hydrogen-bond acceptors (Lipinski definition) is 5. The maximum atomic E-state index is 13.3. The molecular formula is C48H66ClN3O4S. The molecule has 9 heteroatoms. The minimum atomic E-state index is -3.53. The molecule has 0 amide bonds. The minimum absolute atomic E-state index is 0.00341. The molecule has 9 atom stereocenters. The Labute approximate surface area is 347 Å². The maximum absolute atomic E-state index is 13.3. The van der Waals surface area contributed by atoms with E-state index in [0.717, 1.165) is 32.6 Å². The number of hydrogen-bond donors (Lipinski definition) is 2. The molecule has 6 aliphatic rings. The summed E-state index contributed by atoms with van der Waals surface area (Å²) in [7, 11) is -3.53. The summed E-state index contributed by atoms with van der Waals surface area (Å²) in [4.78, 5) is 14.4. The number of carboxylic acid groups (broad SMARTS) is 1. The van der Waals surface area contributed by atoms with Crippen molar-refractivity contribution in [3.8, 4) is 0 Å². The molecule has 1 saturated heterocycles. The number of rotatable bonds is 9. The molecule has 4 saturated carbocycles. The highest BCUT2D eigenvalue weighted by Gasteiger charge is 2.70. The fourth-order valence-electron chi connectivity index (χ4n) is 14.8. The largest absolute Gasteiger partial charge is 0.478 e. The highest BCUT2D eigenvalue weighted by Crippen LogP contribution is 2.76. The van der Waals surface area contributed by atoms with E-state index in [4.69, 9.17) is 11.6 Å². The van der Waals surface area contributed by atoms with Gasteiger partial charge < -0.3 is 10.4 Å². The van der Waals surface area contributed by atoms with Crippen LogP contribution in [0.2, 0.25) is 5.02 Å². The van der Waals surface area contributed by atoms with Crippen LogP contribution in [0.3, 0.4) is 0 Å². The topological polar surface area (TPSA) is 90.0 Å². The van der Waals surface area contributed by atoms with Crippen LogP contribution in [-0.4, -0.2) is 73.5 Å². The molecule has 2 N–H and O–H groups in total. The first kappa shape index (κ1) is 41.3. The number of carbonyl (C=O) groups is 1. The first-order chi connectivity index (χ1) is 26.9. The van der Waals surface area contributed by atoms with E-state index in [1.54, 1.807) is 40.7 Å². The van der Waals surface area contributed by atoms with Gasteiger partial charge in [-0.3, -0.25) is 4.90 Å². The van der Waals surface area contributed by atoms with E-state index in [2.05, 4.69) is 64.4 Å². The summed E-state index contributed by atoms with van der Waals surface area (Å²) in [6.45, 7) is 24.2. The zero-order chi connectivity index (χ0) is 40.8. The van der Waals surface area contributed by atoms with Gasteiger partial charge in [0.15, 0.2) is 0 Å². The Bertz CT molecular complexity index is 2020. The SMILES string of the molecule is C=C(C)[C@@H]1CC[C@]2(NCCN3CCN(S(=O)(=O)c4ccc(Cl)cc4)CC3)CC[C@]3(C)[C@H](CC[C@@H]4[C@@]5(C)CC=C(c6ccc(C(=O)O)cc6)C(C)(C)[C@@H]5CC[C@]43C)[C@@H]12. The van der Waals surface area contributed by atoms with Crippen LogP contribution in [0.25, 0.3) is 5.57 Å². The summed E-state index contributed by atoms with van der Waals surface area (Å²) < 4.78 is 28.3. The van der Waals surface area contributed by atoms with Gasteiger partial charge in [-0.15, -0.1) is 0 Å². The van der Waals surface area contributed by atoms with Crippen molar-refractivity contribution >= 4 is 33.2 Å². The number of allylic oxidation sites excluding steroid dienone is 3. The summed E-state index contributed by atoms with van der Waals surface area (Å²) in [6, 6.07) is 14.1. The minimum Gasteiger partial charge on any atom is -0.478 e. The third-order valence-corrected chi connectivity index (χ3v) is 19.9. The van der Waals surface area contributed by atoms with Gasteiger partial charge >= 0.3 is 5.97 Å². The Morgan fingerprint density at radius 3 is 2.19 bits per heavy atom. The van der Waals surface area contributed by atoms with E-state index in [9.17, 15) is 18.3 Å². The second-order valence-electron chi connectivity index (χ2n) is 20.4. The predicted octanol–water partition coefficient (Wildman–Crippen LogP) is 10.0. The van der Waals surface area contributed by atoms with Crippen LogP contribution in [0.5, 0.6) is 0 Å². The summed E-state index contributed by atoms with van der Waals surface area (Å²) in [5.74, 6) is 2.14. The van der Waals surface area contributed by atoms with Gasteiger partial charge in [-0.25, -0.2) is 13.2 Å². The lowest BCUT2D eigenvalue weighted by Crippen LogP contribution is -2.68. The van der Waals surface area contributed by atoms with Crippen LogP contribution in [0, 0.1) is 51.2 Å². The molecule has 0 aromatic heterocycles. The summed E-state index contributed by atoms with van der Waals surface area (Å²) in [6.07, 6.45) is 13.6. The third-order valence-electron chi connectivity index (χ3n) is 17.8. The number of fused-ring (bicyclic) bond motifs is 7. The quantitative estimate of drug-likeness (QED) is 0.245. The Balaban J connectivity index is 0.977. The van der Waals surface area contributed by atoms with Gasteiger partial charge in [-0.05, 0) is 163 Å². The third kappa shape index (κ3) is 6.52. The fourth-order valence-corrected chi connectivity index (χ4v) is 16.3.